The molecule has 0 amide bonds. The second-order valence-corrected chi connectivity index (χ2v) is 6.02. The van der Waals surface area contributed by atoms with E-state index in [1.165, 1.54) is 6.42 Å². The van der Waals surface area contributed by atoms with Gasteiger partial charge in [0.1, 0.15) is 0 Å². The monoisotopic (exact) mass is 294 g/mol. The summed E-state index contributed by atoms with van der Waals surface area (Å²) in [4.78, 5) is 8.96. The third-order valence-corrected chi connectivity index (χ3v) is 4.50. The van der Waals surface area contributed by atoms with Crippen LogP contribution in [0.3, 0.4) is 0 Å². The molecule has 0 saturated heterocycles. The van der Waals surface area contributed by atoms with E-state index in [0.717, 1.165) is 42.1 Å². The minimum atomic E-state index is -0.442. The molecule has 1 aromatic carbocycles. The summed E-state index contributed by atoms with van der Waals surface area (Å²) in [6.07, 6.45) is 7.09. The van der Waals surface area contributed by atoms with Crippen LogP contribution in [0.4, 0.5) is 0 Å². The zero-order valence-corrected chi connectivity index (χ0v) is 12.3. The Balaban J connectivity index is 1.77. The number of fused-ring (bicyclic) bond motifs is 1. The van der Waals surface area contributed by atoms with Gasteiger partial charge in [0.15, 0.2) is 5.82 Å². The summed E-state index contributed by atoms with van der Waals surface area (Å²) in [6, 6.07) is 9.84. The van der Waals surface area contributed by atoms with Gasteiger partial charge in [0, 0.05) is 11.6 Å². The smallest absolute Gasteiger partial charge is 0.258 e. The summed E-state index contributed by atoms with van der Waals surface area (Å²) in [6.45, 7) is 0. The summed E-state index contributed by atoms with van der Waals surface area (Å²) < 4.78 is 5.51. The number of aromatic nitrogens is 3. The molecule has 1 saturated carbocycles. The van der Waals surface area contributed by atoms with E-state index in [-0.39, 0.29) is 0 Å². The van der Waals surface area contributed by atoms with Crippen molar-refractivity contribution in [2.45, 2.75) is 37.6 Å². The van der Waals surface area contributed by atoms with Crippen molar-refractivity contribution in [3.63, 3.8) is 0 Å². The molecule has 0 bridgehead atoms. The molecular weight excluding hydrogens is 276 g/mol. The zero-order chi connectivity index (χ0) is 15.0. The second kappa shape index (κ2) is 5.18. The van der Waals surface area contributed by atoms with Gasteiger partial charge in [0.05, 0.1) is 16.6 Å². The van der Waals surface area contributed by atoms with Gasteiger partial charge in [-0.25, -0.2) is 0 Å². The minimum absolute atomic E-state index is 0.442. The molecule has 3 aromatic rings. The first kappa shape index (κ1) is 13.4. The van der Waals surface area contributed by atoms with E-state index in [1.54, 1.807) is 6.20 Å². The van der Waals surface area contributed by atoms with Crippen LogP contribution in [-0.4, -0.2) is 15.1 Å². The molecular formula is C17H18N4O. The molecule has 4 rings (SSSR count). The van der Waals surface area contributed by atoms with Crippen molar-refractivity contribution in [1.29, 1.82) is 0 Å². The average molecular weight is 294 g/mol. The van der Waals surface area contributed by atoms with Gasteiger partial charge in [-0.3, -0.25) is 4.98 Å². The van der Waals surface area contributed by atoms with Crippen molar-refractivity contribution < 1.29 is 4.52 Å². The summed E-state index contributed by atoms with van der Waals surface area (Å²) in [7, 11) is 0. The van der Waals surface area contributed by atoms with E-state index >= 15 is 0 Å². The molecule has 1 fully saturated rings. The normalized spacial score (nSPS) is 17.7. The Kier molecular flexibility index (Phi) is 3.15. The first-order valence-electron chi connectivity index (χ1n) is 7.73. The molecule has 0 aliphatic heterocycles. The van der Waals surface area contributed by atoms with Gasteiger partial charge in [-0.05, 0) is 25.0 Å². The van der Waals surface area contributed by atoms with Gasteiger partial charge < -0.3 is 10.3 Å². The lowest BCUT2D eigenvalue weighted by atomic mass is 9.82. The number of benzene rings is 1. The van der Waals surface area contributed by atoms with Crippen LogP contribution in [0, 0.1) is 0 Å². The van der Waals surface area contributed by atoms with Crippen LogP contribution < -0.4 is 5.73 Å². The highest BCUT2D eigenvalue weighted by Gasteiger charge is 2.34. The third kappa shape index (κ3) is 2.18. The molecule has 0 unspecified atom stereocenters. The number of nitrogens with zero attached hydrogens (tertiary/aromatic N) is 3. The summed E-state index contributed by atoms with van der Waals surface area (Å²) in [5.74, 6) is 1.15. The lowest BCUT2D eigenvalue weighted by Gasteiger charge is -2.29. The van der Waals surface area contributed by atoms with E-state index < -0.39 is 5.54 Å². The maximum Gasteiger partial charge on any atom is 0.258 e. The van der Waals surface area contributed by atoms with Crippen molar-refractivity contribution in [2.24, 2.45) is 5.73 Å². The van der Waals surface area contributed by atoms with Gasteiger partial charge in [-0.2, -0.15) is 4.98 Å². The van der Waals surface area contributed by atoms with Crippen LogP contribution in [0.1, 0.15) is 37.9 Å². The van der Waals surface area contributed by atoms with Gasteiger partial charge in [-0.1, -0.05) is 42.6 Å². The molecule has 5 heteroatoms. The predicted molar refractivity (Wildman–Crippen MR) is 84.0 cm³/mol. The highest BCUT2D eigenvalue weighted by atomic mass is 16.5. The topological polar surface area (TPSA) is 77.8 Å². The molecule has 0 spiro atoms. The van der Waals surface area contributed by atoms with E-state index in [4.69, 9.17) is 10.3 Å². The number of para-hydroxylation sites is 1. The van der Waals surface area contributed by atoms with Crippen LogP contribution in [0.2, 0.25) is 0 Å². The Morgan fingerprint density at radius 1 is 1.05 bits per heavy atom. The highest BCUT2D eigenvalue weighted by Crippen LogP contribution is 2.34. The summed E-state index contributed by atoms with van der Waals surface area (Å²) >= 11 is 0. The maximum absolute atomic E-state index is 6.49. The summed E-state index contributed by atoms with van der Waals surface area (Å²) in [5.41, 5.74) is 7.87. The molecule has 2 N–H and O–H groups in total. The second-order valence-electron chi connectivity index (χ2n) is 6.02. The van der Waals surface area contributed by atoms with E-state index in [1.807, 2.05) is 30.3 Å². The van der Waals surface area contributed by atoms with Crippen LogP contribution in [0.5, 0.6) is 0 Å². The van der Waals surface area contributed by atoms with E-state index in [9.17, 15) is 0 Å². The number of pyridine rings is 1. The molecule has 112 valence electrons. The van der Waals surface area contributed by atoms with Crippen LogP contribution in [-0.2, 0) is 5.54 Å². The van der Waals surface area contributed by atoms with E-state index in [2.05, 4.69) is 15.1 Å². The largest absolute Gasteiger partial charge is 0.334 e. The zero-order valence-electron chi connectivity index (χ0n) is 12.3. The Morgan fingerprint density at radius 3 is 2.73 bits per heavy atom. The number of hydrogen-bond donors (Lipinski definition) is 1. The van der Waals surface area contributed by atoms with Gasteiger partial charge in [0.2, 0.25) is 0 Å². The Bertz CT molecular complexity index is 800. The maximum atomic E-state index is 6.49. The molecule has 1 aliphatic carbocycles. The van der Waals surface area contributed by atoms with Crippen molar-refractivity contribution in [3.05, 3.63) is 42.4 Å². The van der Waals surface area contributed by atoms with E-state index in [0.29, 0.717) is 11.7 Å². The number of rotatable bonds is 2. The Morgan fingerprint density at radius 2 is 1.86 bits per heavy atom. The lowest BCUT2D eigenvalue weighted by molar-refractivity contribution is 0.275. The minimum Gasteiger partial charge on any atom is -0.334 e. The van der Waals surface area contributed by atoms with Crippen molar-refractivity contribution in [3.8, 4) is 11.5 Å². The quantitative estimate of drug-likeness (QED) is 0.783. The van der Waals surface area contributed by atoms with Crippen LogP contribution in [0.15, 0.2) is 41.1 Å². The molecule has 5 nitrogen and oxygen atoms in total. The molecule has 0 radical (unpaired) electrons. The Hall–Kier alpha value is -2.27. The van der Waals surface area contributed by atoms with Gasteiger partial charge >= 0.3 is 0 Å². The standard InChI is InChI=1S/C17H18N4O/c18-17(9-4-1-5-10-17)16-20-15(22-21-16)13-8-11-19-14-7-3-2-6-12(13)14/h2-3,6-8,11H,1,4-5,9-10,18H2. The SMILES string of the molecule is NC1(c2noc(-c3ccnc4ccccc34)n2)CCCCC1. The Labute approximate surface area is 128 Å². The first-order valence-corrected chi connectivity index (χ1v) is 7.73. The summed E-state index contributed by atoms with van der Waals surface area (Å²) in [5, 5.41) is 5.17. The first-order chi connectivity index (χ1) is 10.8. The number of hydrogen-bond acceptors (Lipinski definition) is 5. The third-order valence-electron chi connectivity index (χ3n) is 4.50. The van der Waals surface area contributed by atoms with Crippen LogP contribution in [0.25, 0.3) is 22.4 Å². The predicted octanol–water partition coefficient (Wildman–Crippen LogP) is 3.40. The number of nitrogens with two attached hydrogens (primary N) is 1. The van der Waals surface area contributed by atoms with Crippen molar-refractivity contribution >= 4 is 10.9 Å². The van der Waals surface area contributed by atoms with Gasteiger partial charge in [-0.15, -0.1) is 0 Å². The molecule has 0 atom stereocenters. The average Bonchev–Trinajstić information content (AvgIpc) is 3.06. The van der Waals surface area contributed by atoms with Crippen LogP contribution >= 0.6 is 0 Å². The molecule has 1 aliphatic rings. The highest BCUT2D eigenvalue weighted by molar-refractivity contribution is 5.91. The van der Waals surface area contributed by atoms with Crippen molar-refractivity contribution in [1.82, 2.24) is 15.1 Å². The fourth-order valence-electron chi connectivity index (χ4n) is 3.22. The van der Waals surface area contributed by atoms with Gasteiger partial charge in [0.25, 0.3) is 5.89 Å². The molecule has 2 heterocycles. The fourth-order valence-corrected chi connectivity index (χ4v) is 3.22. The van der Waals surface area contributed by atoms with Crippen molar-refractivity contribution in [2.75, 3.05) is 0 Å². The molecule has 22 heavy (non-hydrogen) atoms. The fraction of sp³-hybridized carbons (Fsp3) is 0.353. The molecule has 2 aromatic heterocycles. The lowest BCUT2D eigenvalue weighted by Crippen LogP contribution is -2.39.